The van der Waals surface area contributed by atoms with Gasteiger partial charge < -0.3 is 10.6 Å². The summed E-state index contributed by atoms with van der Waals surface area (Å²) in [6, 6.07) is 11.4. The second-order valence-electron chi connectivity index (χ2n) is 5.67. The maximum Gasteiger partial charge on any atom is 0.416 e. The van der Waals surface area contributed by atoms with Crippen LogP contribution < -0.4 is 10.6 Å². The van der Waals surface area contributed by atoms with Gasteiger partial charge in [0.2, 0.25) is 0 Å². The van der Waals surface area contributed by atoms with Crippen molar-refractivity contribution < 1.29 is 18.0 Å². The van der Waals surface area contributed by atoms with Gasteiger partial charge in [-0.2, -0.15) is 13.2 Å². The highest BCUT2D eigenvalue weighted by molar-refractivity contribution is 6.04. The number of aromatic nitrogens is 2. The number of carbonyl (C=O) groups is 1. The van der Waals surface area contributed by atoms with E-state index in [4.69, 9.17) is 0 Å². The van der Waals surface area contributed by atoms with E-state index in [1.54, 1.807) is 24.5 Å². The van der Waals surface area contributed by atoms with E-state index in [0.29, 0.717) is 12.4 Å². The molecular formula is C19H15F3N4O. The summed E-state index contributed by atoms with van der Waals surface area (Å²) in [4.78, 5) is 20.3. The Balaban J connectivity index is 1.62. The molecule has 0 bridgehead atoms. The second kappa shape index (κ2) is 7.86. The molecule has 1 amide bonds. The van der Waals surface area contributed by atoms with Crippen molar-refractivity contribution >= 4 is 17.4 Å². The van der Waals surface area contributed by atoms with E-state index in [0.717, 1.165) is 17.7 Å². The topological polar surface area (TPSA) is 66.9 Å². The average molecular weight is 372 g/mol. The van der Waals surface area contributed by atoms with Gasteiger partial charge in [-0.25, -0.2) is 4.98 Å². The van der Waals surface area contributed by atoms with Crippen molar-refractivity contribution in [2.75, 3.05) is 10.6 Å². The molecule has 0 unspecified atom stereocenters. The van der Waals surface area contributed by atoms with Crippen LogP contribution in [0.15, 0.2) is 67.1 Å². The molecule has 5 nitrogen and oxygen atoms in total. The first kappa shape index (κ1) is 18.4. The molecule has 0 aliphatic carbocycles. The molecule has 2 heterocycles. The number of nitrogens with zero attached hydrogens (tertiary/aromatic N) is 2. The highest BCUT2D eigenvalue weighted by atomic mass is 19.4. The summed E-state index contributed by atoms with van der Waals surface area (Å²) in [6.07, 6.45) is 0.263. The highest BCUT2D eigenvalue weighted by Gasteiger charge is 2.30. The van der Waals surface area contributed by atoms with Crippen LogP contribution in [-0.4, -0.2) is 15.9 Å². The van der Waals surface area contributed by atoms with Gasteiger partial charge >= 0.3 is 6.18 Å². The molecule has 0 saturated heterocycles. The van der Waals surface area contributed by atoms with Gasteiger partial charge in [-0.3, -0.25) is 9.78 Å². The van der Waals surface area contributed by atoms with Crippen LogP contribution in [0.4, 0.5) is 24.7 Å². The molecule has 2 aromatic heterocycles. The minimum absolute atomic E-state index is 0.0645. The number of carbonyl (C=O) groups excluding carboxylic acids is 1. The Hall–Kier alpha value is -3.42. The monoisotopic (exact) mass is 372 g/mol. The van der Waals surface area contributed by atoms with Crippen molar-refractivity contribution in [2.45, 2.75) is 12.7 Å². The standard InChI is InChI=1S/C19H15F3N4O/c20-19(21,22)15-2-1-3-16(10-15)26-18(27)14-4-5-17(25-12-14)24-11-13-6-8-23-9-7-13/h1-10,12H,11H2,(H,24,25)(H,26,27). The predicted octanol–water partition coefficient (Wildman–Crippen LogP) is 4.36. The predicted molar refractivity (Wildman–Crippen MR) is 95.2 cm³/mol. The average Bonchev–Trinajstić information content (AvgIpc) is 2.67. The molecule has 0 aliphatic heterocycles. The van der Waals surface area contributed by atoms with E-state index in [9.17, 15) is 18.0 Å². The molecule has 1 aromatic carbocycles. The second-order valence-corrected chi connectivity index (χ2v) is 5.67. The zero-order valence-electron chi connectivity index (χ0n) is 14.0. The number of pyridine rings is 2. The van der Waals surface area contributed by atoms with Crippen molar-refractivity contribution in [2.24, 2.45) is 0 Å². The molecule has 0 spiro atoms. The van der Waals surface area contributed by atoms with Gasteiger partial charge in [0.05, 0.1) is 11.1 Å². The normalized spacial score (nSPS) is 11.1. The Bertz CT molecular complexity index is 912. The number of hydrogen-bond donors (Lipinski definition) is 2. The third kappa shape index (κ3) is 5.04. The zero-order chi connectivity index (χ0) is 19.3. The van der Waals surface area contributed by atoms with Crippen molar-refractivity contribution in [1.29, 1.82) is 0 Å². The number of alkyl halides is 3. The molecular weight excluding hydrogens is 357 g/mol. The van der Waals surface area contributed by atoms with Gasteiger partial charge in [0.15, 0.2) is 0 Å². The van der Waals surface area contributed by atoms with E-state index < -0.39 is 17.6 Å². The molecule has 0 radical (unpaired) electrons. The fourth-order valence-electron chi connectivity index (χ4n) is 2.30. The van der Waals surface area contributed by atoms with Crippen molar-refractivity contribution in [3.8, 4) is 0 Å². The fraction of sp³-hybridized carbons (Fsp3) is 0.105. The van der Waals surface area contributed by atoms with Crippen molar-refractivity contribution in [3.63, 3.8) is 0 Å². The van der Waals surface area contributed by atoms with Gasteiger partial charge in [-0.15, -0.1) is 0 Å². The summed E-state index contributed by atoms with van der Waals surface area (Å²) in [5.41, 5.74) is 0.504. The summed E-state index contributed by atoms with van der Waals surface area (Å²) in [5.74, 6) is 0.0324. The van der Waals surface area contributed by atoms with Crippen LogP contribution in [-0.2, 0) is 12.7 Å². The lowest BCUT2D eigenvalue weighted by Crippen LogP contribution is -2.13. The lowest BCUT2D eigenvalue weighted by molar-refractivity contribution is -0.137. The van der Waals surface area contributed by atoms with Crippen LogP contribution >= 0.6 is 0 Å². The quantitative estimate of drug-likeness (QED) is 0.698. The molecule has 0 fully saturated rings. The van der Waals surface area contributed by atoms with Crippen molar-refractivity contribution in [1.82, 2.24) is 9.97 Å². The van der Waals surface area contributed by atoms with Crippen molar-refractivity contribution in [3.05, 3.63) is 83.8 Å². The maximum absolute atomic E-state index is 12.7. The Kier molecular flexibility index (Phi) is 5.35. The molecule has 3 rings (SSSR count). The molecule has 8 heteroatoms. The lowest BCUT2D eigenvalue weighted by atomic mass is 10.2. The largest absolute Gasteiger partial charge is 0.416 e. The summed E-state index contributed by atoms with van der Waals surface area (Å²) >= 11 is 0. The molecule has 0 aliphatic rings. The van der Waals surface area contributed by atoms with Gasteiger partial charge in [0.25, 0.3) is 5.91 Å². The smallest absolute Gasteiger partial charge is 0.366 e. The van der Waals surface area contributed by atoms with Gasteiger partial charge in [0.1, 0.15) is 5.82 Å². The Morgan fingerprint density at radius 3 is 2.48 bits per heavy atom. The molecule has 3 aromatic rings. The Morgan fingerprint density at radius 1 is 1.04 bits per heavy atom. The Labute approximate surface area is 153 Å². The summed E-state index contributed by atoms with van der Waals surface area (Å²) in [6.45, 7) is 0.547. The first-order valence-corrected chi connectivity index (χ1v) is 7.99. The molecule has 27 heavy (non-hydrogen) atoms. The number of halogens is 3. The number of anilines is 2. The van der Waals surface area contributed by atoms with E-state index in [1.165, 1.54) is 18.3 Å². The molecule has 138 valence electrons. The van der Waals surface area contributed by atoms with Crippen LogP contribution in [0.25, 0.3) is 0 Å². The van der Waals surface area contributed by atoms with E-state index in [-0.39, 0.29) is 11.3 Å². The highest BCUT2D eigenvalue weighted by Crippen LogP contribution is 2.30. The third-order valence-electron chi connectivity index (χ3n) is 3.70. The van der Waals surface area contributed by atoms with Crippen LogP contribution in [0.5, 0.6) is 0 Å². The summed E-state index contributed by atoms with van der Waals surface area (Å²) < 4.78 is 38.2. The fourth-order valence-corrected chi connectivity index (χ4v) is 2.30. The van der Waals surface area contributed by atoms with E-state index in [2.05, 4.69) is 20.6 Å². The van der Waals surface area contributed by atoms with Gasteiger partial charge in [-0.1, -0.05) is 6.07 Å². The van der Waals surface area contributed by atoms with Crippen LogP contribution in [0.2, 0.25) is 0 Å². The number of amides is 1. The van der Waals surface area contributed by atoms with Gasteiger partial charge in [-0.05, 0) is 48.0 Å². The molecule has 2 N–H and O–H groups in total. The number of nitrogens with one attached hydrogen (secondary N) is 2. The number of hydrogen-bond acceptors (Lipinski definition) is 4. The maximum atomic E-state index is 12.7. The zero-order valence-corrected chi connectivity index (χ0v) is 14.0. The third-order valence-corrected chi connectivity index (χ3v) is 3.70. The Morgan fingerprint density at radius 2 is 1.81 bits per heavy atom. The summed E-state index contributed by atoms with van der Waals surface area (Å²) in [5, 5.41) is 5.55. The minimum Gasteiger partial charge on any atom is -0.366 e. The summed E-state index contributed by atoms with van der Waals surface area (Å²) in [7, 11) is 0. The molecule has 0 atom stereocenters. The minimum atomic E-state index is -4.47. The van der Waals surface area contributed by atoms with Crippen LogP contribution in [0, 0.1) is 0 Å². The lowest BCUT2D eigenvalue weighted by Gasteiger charge is -2.10. The van der Waals surface area contributed by atoms with E-state index >= 15 is 0 Å². The SMILES string of the molecule is O=C(Nc1cccc(C(F)(F)F)c1)c1ccc(NCc2ccncc2)nc1. The number of benzene rings is 1. The number of rotatable bonds is 5. The first-order chi connectivity index (χ1) is 12.9. The van der Waals surface area contributed by atoms with Gasteiger partial charge in [0, 0.05) is 30.8 Å². The first-order valence-electron chi connectivity index (χ1n) is 7.99. The van der Waals surface area contributed by atoms with E-state index in [1.807, 2.05) is 12.1 Å². The molecule has 0 saturated carbocycles. The van der Waals surface area contributed by atoms with Crippen LogP contribution in [0.1, 0.15) is 21.5 Å². The van der Waals surface area contributed by atoms with Crippen LogP contribution in [0.3, 0.4) is 0 Å².